The van der Waals surface area contributed by atoms with Crippen molar-refractivity contribution in [1.29, 1.82) is 0 Å². The molecule has 70 valence electrons. The van der Waals surface area contributed by atoms with Gasteiger partial charge in [-0.05, 0) is 29.2 Å². The third kappa shape index (κ3) is 2.58. The third-order valence-electron chi connectivity index (χ3n) is 1.99. The fourth-order valence-corrected chi connectivity index (χ4v) is 1.22. The van der Waals surface area contributed by atoms with E-state index in [1.165, 1.54) is 5.57 Å². The van der Waals surface area contributed by atoms with E-state index in [0.717, 1.165) is 5.57 Å². The molecule has 0 bridgehead atoms. The maximum Gasteiger partial charge on any atom is 0.0477 e. The van der Waals surface area contributed by atoms with Gasteiger partial charge in [-0.25, -0.2) is 0 Å². The van der Waals surface area contributed by atoms with Crippen molar-refractivity contribution in [1.82, 2.24) is 5.01 Å². The van der Waals surface area contributed by atoms with Gasteiger partial charge in [0.25, 0.3) is 0 Å². The van der Waals surface area contributed by atoms with Crippen molar-refractivity contribution in [2.75, 3.05) is 7.05 Å². The average Bonchev–Trinajstić information content (AvgIpc) is 2.05. The van der Waals surface area contributed by atoms with Crippen LogP contribution < -0.4 is 0 Å². The normalized spacial score (nSPS) is 26.3. The summed E-state index contributed by atoms with van der Waals surface area (Å²) in [4.78, 5) is 0. The van der Waals surface area contributed by atoms with Crippen LogP contribution in [0.5, 0.6) is 0 Å². The summed E-state index contributed by atoms with van der Waals surface area (Å²) >= 11 is 0. The van der Waals surface area contributed by atoms with Gasteiger partial charge < -0.3 is 0 Å². The minimum absolute atomic E-state index is 0.493. The van der Waals surface area contributed by atoms with Crippen LogP contribution >= 0.6 is 0 Å². The molecule has 0 fully saturated rings. The summed E-state index contributed by atoms with van der Waals surface area (Å²) in [6.07, 6.45) is 7.73. The first kappa shape index (κ1) is 9.78. The lowest BCUT2D eigenvalue weighted by atomic mass is 9.96. The molecule has 13 heavy (non-hydrogen) atoms. The number of hydrazone groups is 1. The number of hydrogen-bond acceptors (Lipinski definition) is 2. The summed E-state index contributed by atoms with van der Waals surface area (Å²) in [5.41, 5.74) is 2.31. The van der Waals surface area contributed by atoms with Gasteiger partial charge in [0.05, 0.1) is 0 Å². The van der Waals surface area contributed by atoms with E-state index in [1.807, 2.05) is 31.6 Å². The predicted molar refractivity (Wildman–Crippen MR) is 57.5 cm³/mol. The summed E-state index contributed by atoms with van der Waals surface area (Å²) in [5, 5.41) is 5.92. The van der Waals surface area contributed by atoms with Gasteiger partial charge in [-0.1, -0.05) is 20.4 Å². The van der Waals surface area contributed by atoms with E-state index in [1.54, 1.807) is 5.01 Å². The lowest BCUT2D eigenvalue weighted by molar-refractivity contribution is 0.492. The molecule has 0 amide bonds. The van der Waals surface area contributed by atoms with Crippen LogP contribution in [0.25, 0.3) is 0 Å². The summed E-state index contributed by atoms with van der Waals surface area (Å²) in [6.45, 7) is 8.32. The van der Waals surface area contributed by atoms with E-state index < -0.39 is 0 Å². The minimum atomic E-state index is 0.493. The molecule has 0 N–H and O–H groups in total. The van der Waals surface area contributed by atoms with Gasteiger partial charge in [-0.15, -0.1) is 0 Å². The number of rotatable bonds is 1. The molecular weight excluding hydrogens is 160 g/mol. The van der Waals surface area contributed by atoms with Crippen LogP contribution in [0.4, 0.5) is 0 Å². The van der Waals surface area contributed by atoms with Crippen molar-refractivity contribution in [3.8, 4) is 0 Å². The van der Waals surface area contributed by atoms with Gasteiger partial charge in [0, 0.05) is 19.5 Å². The molecule has 1 aliphatic rings. The Labute approximate surface area is 79.9 Å². The first-order chi connectivity index (χ1) is 6.11. The summed E-state index contributed by atoms with van der Waals surface area (Å²) < 4.78 is 0. The SMILES string of the molecule is C=C1/C=C\N(C)/N=C\C=C/1C(C)C. The molecule has 2 heteroatoms. The van der Waals surface area contributed by atoms with Gasteiger partial charge >= 0.3 is 0 Å². The Balaban J connectivity index is 2.96. The van der Waals surface area contributed by atoms with Gasteiger partial charge in [0.15, 0.2) is 0 Å². The second-order valence-electron chi connectivity index (χ2n) is 3.46. The van der Waals surface area contributed by atoms with Gasteiger partial charge in [-0.3, -0.25) is 5.01 Å². The Morgan fingerprint density at radius 3 is 2.77 bits per heavy atom. The van der Waals surface area contributed by atoms with Gasteiger partial charge in [0.2, 0.25) is 0 Å². The van der Waals surface area contributed by atoms with E-state index in [0.29, 0.717) is 5.92 Å². The van der Waals surface area contributed by atoms with E-state index in [-0.39, 0.29) is 0 Å². The molecule has 0 unspecified atom stereocenters. The molecule has 0 aromatic carbocycles. The summed E-state index contributed by atoms with van der Waals surface area (Å²) in [5.74, 6) is 0.493. The molecule has 0 spiro atoms. The molecule has 1 rings (SSSR count). The van der Waals surface area contributed by atoms with Crippen LogP contribution in [0.1, 0.15) is 13.8 Å². The molecule has 1 aliphatic heterocycles. The standard InChI is InChI=1S/C11H16N2/c1-9(2)11-5-7-12-13(4)8-6-10(11)3/h5-9H,3H2,1-2,4H3/b8-6-,11-5-,12-7-. The van der Waals surface area contributed by atoms with Crippen molar-refractivity contribution in [2.24, 2.45) is 11.0 Å². The molecule has 0 radical (unpaired) electrons. The van der Waals surface area contributed by atoms with Crippen LogP contribution in [0.2, 0.25) is 0 Å². The fourth-order valence-electron chi connectivity index (χ4n) is 1.22. The summed E-state index contributed by atoms with van der Waals surface area (Å²) in [6, 6.07) is 0. The Kier molecular flexibility index (Phi) is 3.07. The predicted octanol–water partition coefficient (Wildman–Crippen LogP) is 2.57. The molecule has 2 nitrogen and oxygen atoms in total. The van der Waals surface area contributed by atoms with Crippen molar-refractivity contribution >= 4 is 6.21 Å². The smallest absolute Gasteiger partial charge is 0.0477 e. The number of hydrogen-bond donors (Lipinski definition) is 0. The maximum absolute atomic E-state index is 4.15. The number of nitrogens with zero attached hydrogens (tertiary/aromatic N) is 2. The average molecular weight is 176 g/mol. The molecule has 1 heterocycles. The zero-order valence-electron chi connectivity index (χ0n) is 8.49. The lowest BCUT2D eigenvalue weighted by Crippen LogP contribution is -2.05. The monoisotopic (exact) mass is 176 g/mol. The highest BCUT2D eigenvalue weighted by atomic mass is 15.4. The van der Waals surface area contributed by atoms with Crippen molar-refractivity contribution < 1.29 is 0 Å². The minimum Gasteiger partial charge on any atom is -0.276 e. The van der Waals surface area contributed by atoms with E-state index in [2.05, 4.69) is 25.5 Å². The largest absolute Gasteiger partial charge is 0.276 e. The number of allylic oxidation sites excluding steroid dienone is 4. The van der Waals surface area contributed by atoms with Crippen molar-refractivity contribution in [2.45, 2.75) is 13.8 Å². The topological polar surface area (TPSA) is 15.6 Å². The van der Waals surface area contributed by atoms with Crippen molar-refractivity contribution in [3.63, 3.8) is 0 Å². The fraction of sp³-hybridized carbons (Fsp3) is 0.364. The lowest BCUT2D eigenvalue weighted by Gasteiger charge is -2.14. The Bertz CT molecular complexity index is 282. The van der Waals surface area contributed by atoms with E-state index in [9.17, 15) is 0 Å². The van der Waals surface area contributed by atoms with Gasteiger partial charge in [0.1, 0.15) is 0 Å². The second-order valence-corrected chi connectivity index (χ2v) is 3.46. The first-order valence-corrected chi connectivity index (χ1v) is 4.45. The van der Waals surface area contributed by atoms with E-state index >= 15 is 0 Å². The highest BCUT2D eigenvalue weighted by molar-refractivity contribution is 5.74. The van der Waals surface area contributed by atoms with Crippen LogP contribution in [0, 0.1) is 5.92 Å². The van der Waals surface area contributed by atoms with E-state index in [4.69, 9.17) is 0 Å². The van der Waals surface area contributed by atoms with Crippen LogP contribution in [0.15, 0.2) is 41.2 Å². The Hall–Kier alpha value is -1.31. The molecular formula is C11H16N2. The molecule has 0 saturated carbocycles. The zero-order valence-corrected chi connectivity index (χ0v) is 8.49. The second kappa shape index (κ2) is 4.08. The third-order valence-corrected chi connectivity index (χ3v) is 1.99. The molecule has 0 aromatic heterocycles. The summed E-state index contributed by atoms with van der Waals surface area (Å²) in [7, 11) is 1.90. The Morgan fingerprint density at radius 2 is 2.15 bits per heavy atom. The molecule has 0 atom stereocenters. The quantitative estimate of drug-likeness (QED) is 0.599. The van der Waals surface area contributed by atoms with Gasteiger partial charge in [-0.2, -0.15) is 5.10 Å². The zero-order chi connectivity index (χ0) is 9.84. The molecule has 0 aliphatic carbocycles. The maximum atomic E-state index is 4.15. The first-order valence-electron chi connectivity index (χ1n) is 4.45. The van der Waals surface area contributed by atoms with Crippen molar-refractivity contribution in [3.05, 3.63) is 36.1 Å². The highest BCUT2D eigenvalue weighted by Gasteiger charge is 2.05. The highest BCUT2D eigenvalue weighted by Crippen LogP contribution is 2.19. The molecule has 0 aromatic rings. The van der Waals surface area contributed by atoms with Crippen LogP contribution in [-0.4, -0.2) is 18.3 Å². The van der Waals surface area contributed by atoms with Crippen LogP contribution in [0.3, 0.4) is 0 Å². The molecule has 0 saturated heterocycles. The Morgan fingerprint density at radius 1 is 1.46 bits per heavy atom. The van der Waals surface area contributed by atoms with Crippen LogP contribution in [-0.2, 0) is 0 Å².